The van der Waals surface area contributed by atoms with Gasteiger partial charge in [-0.15, -0.1) is 5.11 Å². The minimum Gasteiger partial charge on any atom is -0.373 e. The number of nitrogens with one attached hydrogen (secondary N) is 2. The van der Waals surface area contributed by atoms with Gasteiger partial charge in [-0.2, -0.15) is 5.26 Å². The second-order valence-corrected chi connectivity index (χ2v) is 4.01. The molecule has 0 bridgehead atoms. The smallest absolute Gasteiger partial charge is 0.286 e. The predicted molar refractivity (Wildman–Crippen MR) is 65.3 cm³/mol. The van der Waals surface area contributed by atoms with E-state index in [9.17, 15) is 4.79 Å². The summed E-state index contributed by atoms with van der Waals surface area (Å²) in [5.74, 6) is -0.565. The molecule has 2 rings (SSSR count). The van der Waals surface area contributed by atoms with E-state index in [1.165, 1.54) is 0 Å². The van der Waals surface area contributed by atoms with Gasteiger partial charge in [0.1, 0.15) is 6.04 Å². The molecule has 0 fully saturated rings. The second kappa shape index (κ2) is 5.16. The molecule has 8 heteroatoms. The van der Waals surface area contributed by atoms with Crippen molar-refractivity contribution in [2.45, 2.75) is 19.0 Å². The fourth-order valence-electron chi connectivity index (χ4n) is 2.09. The molecule has 1 aromatic carbocycles. The topological polar surface area (TPSA) is 138 Å². The lowest BCUT2D eigenvalue weighted by molar-refractivity contribution is -0.119. The van der Waals surface area contributed by atoms with Crippen LogP contribution in [0.5, 0.6) is 0 Å². The van der Waals surface area contributed by atoms with E-state index in [1.807, 2.05) is 6.07 Å². The molecule has 8 nitrogen and oxygen atoms in total. The summed E-state index contributed by atoms with van der Waals surface area (Å²) in [6.45, 7) is 0.120. The van der Waals surface area contributed by atoms with Crippen LogP contribution in [0.1, 0.15) is 16.7 Å². The molecule has 0 saturated heterocycles. The Hall–Kier alpha value is -2.91. The molecule has 19 heavy (non-hydrogen) atoms. The maximum absolute atomic E-state index is 11.4. The molecule has 1 atom stereocenters. The van der Waals surface area contributed by atoms with Gasteiger partial charge in [0.05, 0.1) is 18.2 Å². The minimum atomic E-state index is -0.591. The van der Waals surface area contributed by atoms with Crippen molar-refractivity contribution in [2.75, 3.05) is 5.32 Å². The van der Waals surface area contributed by atoms with E-state index in [0.717, 1.165) is 5.56 Å². The van der Waals surface area contributed by atoms with Crippen LogP contribution in [0.4, 0.5) is 5.69 Å². The number of fused-ring (bicyclic) bond motifs is 1. The van der Waals surface area contributed by atoms with E-state index in [-0.39, 0.29) is 6.54 Å². The van der Waals surface area contributed by atoms with E-state index in [1.54, 1.807) is 12.1 Å². The van der Waals surface area contributed by atoms with Crippen molar-refractivity contribution in [3.63, 3.8) is 0 Å². The number of anilines is 1. The quantitative estimate of drug-likeness (QED) is 0.486. The molecule has 94 valence electrons. The standard InChI is InChI=1S/C11H9N7O/c12-4-6-1-7(5-15-18-14)8-3-10(11(19)17-13)16-9(8)2-6/h1-2,10,13,16H,3,5H2. The van der Waals surface area contributed by atoms with Gasteiger partial charge in [0, 0.05) is 17.0 Å². The van der Waals surface area contributed by atoms with Crippen molar-refractivity contribution in [1.29, 1.82) is 10.8 Å². The van der Waals surface area contributed by atoms with E-state index < -0.39 is 11.9 Å². The van der Waals surface area contributed by atoms with E-state index in [0.29, 0.717) is 23.2 Å². The summed E-state index contributed by atoms with van der Waals surface area (Å²) < 4.78 is 0. The van der Waals surface area contributed by atoms with Crippen LogP contribution in [0.2, 0.25) is 0 Å². The van der Waals surface area contributed by atoms with Gasteiger partial charge in [-0.1, -0.05) is 5.11 Å². The molecule has 0 spiro atoms. The summed E-state index contributed by atoms with van der Waals surface area (Å²) in [7, 11) is 0. The number of benzene rings is 1. The molecule has 1 heterocycles. The number of rotatable bonds is 3. The van der Waals surface area contributed by atoms with Crippen molar-refractivity contribution in [3.8, 4) is 6.07 Å². The van der Waals surface area contributed by atoms with Gasteiger partial charge in [-0.25, -0.2) is 5.53 Å². The molecule has 0 aromatic heterocycles. The lowest BCUT2D eigenvalue weighted by Crippen LogP contribution is -2.24. The van der Waals surface area contributed by atoms with Gasteiger partial charge in [0.25, 0.3) is 5.91 Å². The van der Waals surface area contributed by atoms with Gasteiger partial charge < -0.3 is 5.32 Å². The third-order valence-corrected chi connectivity index (χ3v) is 2.92. The lowest BCUT2D eigenvalue weighted by atomic mass is 10.0. The first-order chi connectivity index (χ1) is 9.19. The maximum atomic E-state index is 11.4. The van der Waals surface area contributed by atoms with Gasteiger partial charge in [-0.3, -0.25) is 4.79 Å². The highest BCUT2D eigenvalue weighted by Gasteiger charge is 2.28. The van der Waals surface area contributed by atoms with Crippen LogP contribution < -0.4 is 5.32 Å². The normalized spacial score (nSPS) is 15.6. The molecule has 0 aliphatic carbocycles. The Morgan fingerprint density at radius 1 is 1.68 bits per heavy atom. The van der Waals surface area contributed by atoms with Crippen molar-refractivity contribution < 1.29 is 4.79 Å². The number of nitriles is 1. The van der Waals surface area contributed by atoms with Crippen molar-refractivity contribution in [1.82, 2.24) is 0 Å². The zero-order chi connectivity index (χ0) is 13.8. The van der Waals surface area contributed by atoms with Gasteiger partial charge in [-0.05, 0) is 28.8 Å². The first-order valence-electron chi connectivity index (χ1n) is 5.44. The number of hydrogen-bond acceptors (Lipinski definition) is 5. The number of carbonyl (C=O) groups is 1. The number of nitrogens with zero attached hydrogens (tertiary/aromatic N) is 5. The Balaban J connectivity index is 2.41. The minimum absolute atomic E-state index is 0.120. The monoisotopic (exact) mass is 255 g/mol. The van der Waals surface area contributed by atoms with E-state index in [4.69, 9.17) is 16.3 Å². The Kier molecular flexibility index (Phi) is 3.41. The third-order valence-electron chi connectivity index (χ3n) is 2.92. The molecule has 1 unspecified atom stereocenters. The molecule has 1 amide bonds. The molecule has 0 radical (unpaired) electrons. The van der Waals surface area contributed by atoms with Crippen LogP contribution in [0.25, 0.3) is 10.4 Å². The third kappa shape index (κ3) is 2.36. The fourth-order valence-corrected chi connectivity index (χ4v) is 2.09. The number of amides is 1. The highest BCUT2D eigenvalue weighted by molar-refractivity contribution is 5.88. The summed E-state index contributed by atoms with van der Waals surface area (Å²) in [5.41, 5.74) is 17.7. The van der Waals surface area contributed by atoms with Crippen LogP contribution in [-0.4, -0.2) is 11.9 Å². The average Bonchev–Trinajstić information content (AvgIpc) is 2.87. The van der Waals surface area contributed by atoms with Crippen LogP contribution in [0, 0.1) is 16.9 Å². The number of azide groups is 1. The van der Waals surface area contributed by atoms with Crippen LogP contribution in [0.3, 0.4) is 0 Å². The predicted octanol–water partition coefficient (Wildman–Crippen LogP) is 2.26. The van der Waals surface area contributed by atoms with Crippen molar-refractivity contribution >= 4 is 11.6 Å². The largest absolute Gasteiger partial charge is 0.373 e. The van der Waals surface area contributed by atoms with Crippen LogP contribution in [-0.2, 0) is 17.8 Å². The Morgan fingerprint density at radius 3 is 3.11 bits per heavy atom. The summed E-state index contributed by atoms with van der Waals surface area (Å²) >= 11 is 0. The number of hydrogen-bond donors (Lipinski definition) is 2. The molecule has 2 N–H and O–H groups in total. The Labute approximate surface area is 108 Å². The summed E-state index contributed by atoms with van der Waals surface area (Å²) in [6, 6.07) is 4.69. The summed E-state index contributed by atoms with van der Waals surface area (Å²) in [4.78, 5) is 14.1. The molecular weight excluding hydrogens is 246 g/mol. The second-order valence-electron chi connectivity index (χ2n) is 4.01. The Bertz CT molecular complexity index is 639. The zero-order valence-electron chi connectivity index (χ0n) is 9.79. The zero-order valence-corrected chi connectivity index (χ0v) is 9.79. The highest BCUT2D eigenvalue weighted by atomic mass is 16.2. The first kappa shape index (κ1) is 12.5. The number of carbonyl (C=O) groups excluding carboxylic acids is 1. The summed E-state index contributed by atoms with van der Waals surface area (Å²) in [6.07, 6.45) is 0.374. The van der Waals surface area contributed by atoms with E-state index >= 15 is 0 Å². The molecule has 1 aliphatic rings. The molecule has 0 saturated carbocycles. The molecule has 1 aliphatic heterocycles. The van der Waals surface area contributed by atoms with Crippen LogP contribution >= 0.6 is 0 Å². The summed E-state index contributed by atoms with van der Waals surface area (Å²) in [5, 5.41) is 18.2. The SMILES string of the molecule is N#Cc1cc(CN=[N+]=[N-])c2c(c1)NC(C(=O)N=N)C2. The fraction of sp³-hybridized carbons (Fsp3) is 0.273. The average molecular weight is 255 g/mol. The Morgan fingerprint density at radius 2 is 2.47 bits per heavy atom. The van der Waals surface area contributed by atoms with Crippen molar-refractivity contribution in [2.24, 2.45) is 10.2 Å². The lowest BCUT2D eigenvalue weighted by Gasteiger charge is -2.06. The van der Waals surface area contributed by atoms with Gasteiger partial charge in [0.2, 0.25) is 0 Å². The van der Waals surface area contributed by atoms with E-state index in [2.05, 4.69) is 20.5 Å². The van der Waals surface area contributed by atoms with Gasteiger partial charge in [0.15, 0.2) is 0 Å². The molecular formula is C11H9N7O. The maximum Gasteiger partial charge on any atom is 0.286 e. The van der Waals surface area contributed by atoms with Gasteiger partial charge >= 0.3 is 0 Å². The van der Waals surface area contributed by atoms with Crippen LogP contribution in [0.15, 0.2) is 22.4 Å². The first-order valence-corrected chi connectivity index (χ1v) is 5.44. The van der Waals surface area contributed by atoms with Crippen molar-refractivity contribution in [3.05, 3.63) is 39.3 Å². The molecule has 1 aromatic rings. The highest BCUT2D eigenvalue weighted by Crippen LogP contribution is 2.31.